The number of ether oxygens (including phenoxy) is 1. The third kappa shape index (κ3) is 2.80. The van der Waals surface area contributed by atoms with Crippen LogP contribution in [0.4, 0.5) is 5.69 Å². The predicted octanol–water partition coefficient (Wildman–Crippen LogP) is 3.25. The van der Waals surface area contributed by atoms with Crippen LogP contribution in [0.1, 0.15) is 19.3 Å². The van der Waals surface area contributed by atoms with Crippen LogP contribution in [0.3, 0.4) is 0 Å². The number of likely N-dealkylation sites (N-methyl/N-ethyl adjacent to an activating group) is 1. The normalized spacial score (nSPS) is 24.0. The van der Waals surface area contributed by atoms with Gasteiger partial charge in [0.05, 0.1) is 18.1 Å². The zero-order chi connectivity index (χ0) is 16.6. The number of aromatic hydroxyl groups is 1. The van der Waals surface area contributed by atoms with E-state index in [9.17, 15) is 5.11 Å². The molecule has 0 radical (unpaired) electrons. The third-order valence-corrected chi connectivity index (χ3v) is 5.41. The molecule has 4 rings (SSSR count). The summed E-state index contributed by atoms with van der Waals surface area (Å²) in [6.07, 6.45) is 7.44. The van der Waals surface area contributed by atoms with Crippen molar-refractivity contribution in [1.29, 1.82) is 0 Å². The number of phenols is 1. The largest absolute Gasteiger partial charge is 0.508 e. The van der Waals surface area contributed by atoms with Crippen LogP contribution < -0.4 is 9.64 Å². The van der Waals surface area contributed by atoms with Crippen LogP contribution in [0.2, 0.25) is 0 Å². The van der Waals surface area contributed by atoms with Gasteiger partial charge in [-0.2, -0.15) is 0 Å². The van der Waals surface area contributed by atoms with Gasteiger partial charge in [0.25, 0.3) is 0 Å². The van der Waals surface area contributed by atoms with Crippen LogP contribution in [0.25, 0.3) is 0 Å². The van der Waals surface area contributed by atoms with Gasteiger partial charge in [0.1, 0.15) is 17.2 Å². The van der Waals surface area contributed by atoms with Crippen LogP contribution in [0.5, 0.6) is 17.2 Å². The molecule has 126 valence electrons. The van der Waals surface area contributed by atoms with E-state index in [0.717, 1.165) is 24.5 Å². The number of aromatic nitrogens is 1. The van der Waals surface area contributed by atoms with Gasteiger partial charge in [-0.15, -0.1) is 0 Å². The van der Waals surface area contributed by atoms with Gasteiger partial charge in [-0.05, 0) is 57.1 Å². The van der Waals surface area contributed by atoms with Gasteiger partial charge in [0.2, 0.25) is 0 Å². The molecule has 1 spiro atoms. The molecule has 1 atom stereocenters. The zero-order valence-electron chi connectivity index (χ0n) is 14.0. The van der Waals surface area contributed by atoms with Gasteiger partial charge in [-0.1, -0.05) is 0 Å². The molecule has 5 nitrogen and oxygen atoms in total. The Hall–Kier alpha value is -2.27. The summed E-state index contributed by atoms with van der Waals surface area (Å²) >= 11 is 0. The first-order valence-electron chi connectivity index (χ1n) is 8.53. The van der Waals surface area contributed by atoms with Crippen LogP contribution in [0, 0.1) is 0 Å². The average molecular weight is 325 g/mol. The summed E-state index contributed by atoms with van der Waals surface area (Å²) in [4.78, 5) is 9.29. The Balaban J connectivity index is 1.50. The molecule has 2 aliphatic rings. The number of hydrogen-bond donors (Lipinski definition) is 1. The second-order valence-corrected chi connectivity index (χ2v) is 6.90. The molecule has 24 heavy (non-hydrogen) atoms. The molecule has 1 aromatic carbocycles. The zero-order valence-corrected chi connectivity index (χ0v) is 14.0. The maximum Gasteiger partial charge on any atom is 0.147 e. The van der Waals surface area contributed by atoms with E-state index >= 15 is 0 Å². The van der Waals surface area contributed by atoms with E-state index in [1.165, 1.54) is 25.8 Å². The average Bonchev–Trinajstić information content (AvgIpc) is 3.18. The highest BCUT2D eigenvalue weighted by atomic mass is 16.5. The molecule has 5 heteroatoms. The van der Waals surface area contributed by atoms with Crippen molar-refractivity contribution in [1.82, 2.24) is 9.88 Å². The molecule has 1 aromatic heterocycles. The van der Waals surface area contributed by atoms with Crippen LogP contribution in [-0.2, 0) is 0 Å². The van der Waals surface area contributed by atoms with E-state index in [-0.39, 0.29) is 5.75 Å². The summed E-state index contributed by atoms with van der Waals surface area (Å²) < 4.78 is 5.86. The first-order valence-corrected chi connectivity index (χ1v) is 8.53. The Morgan fingerprint density at radius 1 is 1.08 bits per heavy atom. The summed E-state index contributed by atoms with van der Waals surface area (Å²) in [6, 6.07) is 8.79. The summed E-state index contributed by atoms with van der Waals surface area (Å²) in [5, 5.41) is 9.35. The molecular formula is C19H23N3O2. The standard InChI is InChI=1S/C19H23N3O2/c1-21-9-2-7-19(21)8-10-22(14-19)15-11-18(13-20-12-15)24-17-5-3-16(23)4-6-17/h3-6,11-13,23H,2,7-10,14H2,1H3. The van der Waals surface area contributed by atoms with Gasteiger partial charge >= 0.3 is 0 Å². The van der Waals surface area contributed by atoms with Crippen LogP contribution in [0.15, 0.2) is 42.7 Å². The van der Waals surface area contributed by atoms with E-state index < -0.39 is 0 Å². The number of hydrogen-bond acceptors (Lipinski definition) is 5. The first kappa shape index (κ1) is 15.3. The van der Waals surface area contributed by atoms with Gasteiger partial charge in [-0.3, -0.25) is 9.88 Å². The van der Waals surface area contributed by atoms with Crippen LogP contribution in [-0.4, -0.2) is 47.2 Å². The molecule has 1 N–H and O–H groups in total. The SMILES string of the molecule is CN1CCCC12CCN(c1cncc(Oc3ccc(O)cc3)c1)C2. The van der Waals surface area contributed by atoms with Crippen molar-refractivity contribution < 1.29 is 9.84 Å². The van der Waals surface area contributed by atoms with Gasteiger partial charge in [0.15, 0.2) is 0 Å². The predicted molar refractivity (Wildman–Crippen MR) is 93.8 cm³/mol. The Kier molecular flexibility index (Phi) is 3.81. The lowest BCUT2D eigenvalue weighted by molar-refractivity contribution is 0.198. The van der Waals surface area contributed by atoms with Gasteiger partial charge in [0, 0.05) is 24.7 Å². The minimum atomic E-state index is 0.234. The van der Waals surface area contributed by atoms with Crippen molar-refractivity contribution in [3.05, 3.63) is 42.7 Å². The quantitative estimate of drug-likeness (QED) is 0.939. The maximum atomic E-state index is 9.35. The van der Waals surface area contributed by atoms with Gasteiger partial charge in [-0.25, -0.2) is 0 Å². The van der Waals surface area contributed by atoms with E-state index in [0.29, 0.717) is 11.3 Å². The number of anilines is 1. The fourth-order valence-electron chi connectivity index (χ4n) is 3.95. The monoisotopic (exact) mass is 325 g/mol. The lowest BCUT2D eigenvalue weighted by Crippen LogP contribution is -2.43. The molecular weight excluding hydrogens is 302 g/mol. The maximum absolute atomic E-state index is 9.35. The fourth-order valence-corrected chi connectivity index (χ4v) is 3.95. The minimum Gasteiger partial charge on any atom is -0.508 e. The van der Waals surface area contributed by atoms with E-state index in [2.05, 4.69) is 21.8 Å². The minimum absolute atomic E-state index is 0.234. The molecule has 0 amide bonds. The Morgan fingerprint density at radius 2 is 1.92 bits per heavy atom. The van der Waals surface area contributed by atoms with Crippen molar-refractivity contribution in [3.8, 4) is 17.2 Å². The summed E-state index contributed by atoms with van der Waals surface area (Å²) in [6.45, 7) is 3.33. The van der Waals surface area contributed by atoms with E-state index in [1.807, 2.05) is 12.3 Å². The van der Waals surface area contributed by atoms with Crippen molar-refractivity contribution >= 4 is 5.69 Å². The number of nitrogens with zero attached hydrogens (tertiary/aromatic N) is 3. The lowest BCUT2D eigenvalue weighted by atomic mass is 9.96. The first-order chi connectivity index (χ1) is 11.6. The van der Waals surface area contributed by atoms with Gasteiger partial charge < -0.3 is 14.7 Å². The molecule has 0 saturated carbocycles. The topological polar surface area (TPSA) is 48.8 Å². The highest BCUT2D eigenvalue weighted by Crippen LogP contribution is 2.38. The number of pyridine rings is 1. The van der Waals surface area contributed by atoms with Crippen LogP contribution >= 0.6 is 0 Å². The van der Waals surface area contributed by atoms with E-state index in [1.54, 1.807) is 30.5 Å². The second-order valence-electron chi connectivity index (χ2n) is 6.90. The molecule has 3 heterocycles. The summed E-state index contributed by atoms with van der Waals surface area (Å²) in [5.41, 5.74) is 1.46. The molecule has 0 bridgehead atoms. The van der Waals surface area contributed by atoms with Crippen molar-refractivity contribution in [2.45, 2.75) is 24.8 Å². The molecule has 0 aliphatic carbocycles. The second kappa shape index (κ2) is 5.98. The highest BCUT2D eigenvalue weighted by molar-refractivity contribution is 5.51. The van der Waals surface area contributed by atoms with Crippen molar-refractivity contribution in [2.75, 3.05) is 31.6 Å². The Bertz CT molecular complexity index is 719. The fraction of sp³-hybridized carbons (Fsp3) is 0.421. The third-order valence-electron chi connectivity index (χ3n) is 5.41. The highest BCUT2D eigenvalue weighted by Gasteiger charge is 2.44. The Morgan fingerprint density at radius 3 is 2.67 bits per heavy atom. The molecule has 2 aliphatic heterocycles. The number of phenolic OH excluding ortho intramolecular Hbond substituents is 1. The summed E-state index contributed by atoms with van der Waals surface area (Å²) in [5.74, 6) is 1.65. The Labute approximate surface area is 142 Å². The van der Waals surface area contributed by atoms with Crippen molar-refractivity contribution in [2.24, 2.45) is 0 Å². The smallest absolute Gasteiger partial charge is 0.147 e. The number of benzene rings is 1. The molecule has 1 unspecified atom stereocenters. The van der Waals surface area contributed by atoms with Crippen molar-refractivity contribution in [3.63, 3.8) is 0 Å². The number of likely N-dealkylation sites (tertiary alicyclic amines) is 1. The van der Waals surface area contributed by atoms with E-state index in [4.69, 9.17) is 4.74 Å². The number of rotatable bonds is 3. The lowest BCUT2D eigenvalue weighted by Gasteiger charge is -2.32. The summed E-state index contributed by atoms with van der Waals surface area (Å²) in [7, 11) is 2.25. The molecule has 2 saturated heterocycles. The molecule has 2 fully saturated rings. The molecule has 2 aromatic rings.